The van der Waals surface area contributed by atoms with E-state index in [1.807, 2.05) is 30.3 Å². The molecule has 5 heteroatoms. The summed E-state index contributed by atoms with van der Waals surface area (Å²) in [5.74, 6) is 0.712. The maximum absolute atomic E-state index is 11.1. The van der Waals surface area contributed by atoms with Gasteiger partial charge in [0.15, 0.2) is 11.5 Å². The maximum Gasteiger partial charge on any atom is 0.307 e. The molecular weight excluding hydrogens is 318 g/mol. The van der Waals surface area contributed by atoms with Gasteiger partial charge in [-0.3, -0.25) is 9.69 Å². The Morgan fingerprint density at radius 2 is 1.72 bits per heavy atom. The lowest BCUT2D eigenvalue weighted by atomic mass is 9.97. The first-order chi connectivity index (χ1) is 12.1. The van der Waals surface area contributed by atoms with Crippen LogP contribution in [0.3, 0.4) is 0 Å². The number of nitrogens with zero attached hydrogens (tertiary/aromatic N) is 1. The van der Waals surface area contributed by atoms with Crippen LogP contribution in [0, 0.1) is 0 Å². The fourth-order valence-corrected chi connectivity index (χ4v) is 3.36. The Bertz CT molecular complexity index is 772. The summed E-state index contributed by atoms with van der Waals surface area (Å²) in [5, 5.41) is 9.10. The van der Waals surface area contributed by atoms with Gasteiger partial charge in [0.05, 0.1) is 20.6 Å². The lowest BCUT2D eigenvalue weighted by molar-refractivity contribution is -0.136. The maximum atomic E-state index is 11.1. The number of carboxylic acid groups (broad SMARTS) is 1. The number of ether oxygens (including phenoxy) is 2. The monoisotopic (exact) mass is 341 g/mol. The van der Waals surface area contributed by atoms with Gasteiger partial charge in [0, 0.05) is 19.6 Å². The van der Waals surface area contributed by atoms with Crippen LogP contribution in [-0.2, 0) is 30.7 Å². The Morgan fingerprint density at radius 1 is 1.08 bits per heavy atom. The molecule has 3 rings (SSSR count). The highest BCUT2D eigenvalue weighted by Crippen LogP contribution is 2.33. The third-order valence-corrected chi connectivity index (χ3v) is 4.65. The second kappa shape index (κ2) is 7.57. The minimum atomic E-state index is -0.798. The standard InChI is InChI=1S/C20H23NO4/c1-24-18-9-15-7-8-21(13-17(15)10-19(18)25-2)12-16-6-4-3-5-14(16)11-20(22)23/h3-6,9-10H,7-8,11-13H2,1-2H3,(H,22,23). The average Bonchev–Trinajstić information content (AvgIpc) is 2.61. The van der Waals surface area contributed by atoms with Crippen molar-refractivity contribution in [3.05, 3.63) is 58.7 Å². The summed E-state index contributed by atoms with van der Waals surface area (Å²) in [4.78, 5) is 13.4. The van der Waals surface area contributed by atoms with E-state index in [0.717, 1.165) is 48.7 Å². The molecule has 25 heavy (non-hydrogen) atoms. The summed E-state index contributed by atoms with van der Waals surface area (Å²) >= 11 is 0. The molecule has 0 atom stereocenters. The minimum Gasteiger partial charge on any atom is -0.493 e. The zero-order valence-electron chi connectivity index (χ0n) is 14.6. The van der Waals surface area contributed by atoms with E-state index >= 15 is 0 Å². The van der Waals surface area contributed by atoms with E-state index < -0.39 is 5.97 Å². The van der Waals surface area contributed by atoms with Gasteiger partial charge in [-0.15, -0.1) is 0 Å². The van der Waals surface area contributed by atoms with Gasteiger partial charge in [0.25, 0.3) is 0 Å². The molecule has 132 valence electrons. The van der Waals surface area contributed by atoms with Crippen molar-refractivity contribution in [1.29, 1.82) is 0 Å². The van der Waals surface area contributed by atoms with E-state index in [2.05, 4.69) is 11.0 Å². The van der Waals surface area contributed by atoms with Crippen molar-refractivity contribution in [2.24, 2.45) is 0 Å². The first-order valence-electron chi connectivity index (χ1n) is 8.35. The molecule has 0 spiro atoms. The fraction of sp³-hybridized carbons (Fsp3) is 0.350. The quantitative estimate of drug-likeness (QED) is 0.875. The van der Waals surface area contributed by atoms with Crippen molar-refractivity contribution in [3.63, 3.8) is 0 Å². The number of aliphatic carboxylic acids is 1. The van der Waals surface area contributed by atoms with Gasteiger partial charge in [-0.2, -0.15) is 0 Å². The van der Waals surface area contributed by atoms with E-state index in [4.69, 9.17) is 14.6 Å². The molecule has 0 bridgehead atoms. The molecule has 0 aromatic heterocycles. The first kappa shape index (κ1) is 17.3. The van der Waals surface area contributed by atoms with Crippen molar-refractivity contribution >= 4 is 5.97 Å². The van der Waals surface area contributed by atoms with Gasteiger partial charge in [-0.05, 0) is 40.8 Å². The topological polar surface area (TPSA) is 59.0 Å². The zero-order valence-corrected chi connectivity index (χ0v) is 14.6. The number of rotatable bonds is 6. The number of methoxy groups -OCH3 is 2. The van der Waals surface area contributed by atoms with E-state index in [1.54, 1.807) is 14.2 Å². The fourth-order valence-electron chi connectivity index (χ4n) is 3.36. The molecule has 0 radical (unpaired) electrons. The summed E-state index contributed by atoms with van der Waals surface area (Å²) in [6.07, 6.45) is 1.00. The molecule has 0 saturated carbocycles. The Balaban J connectivity index is 1.79. The van der Waals surface area contributed by atoms with Crippen LogP contribution in [0.4, 0.5) is 0 Å². The van der Waals surface area contributed by atoms with Crippen molar-refractivity contribution < 1.29 is 19.4 Å². The first-order valence-corrected chi connectivity index (χ1v) is 8.35. The molecule has 0 fully saturated rings. The average molecular weight is 341 g/mol. The predicted molar refractivity (Wildman–Crippen MR) is 95.1 cm³/mol. The Hall–Kier alpha value is -2.53. The van der Waals surface area contributed by atoms with Crippen LogP contribution in [0.1, 0.15) is 22.3 Å². The van der Waals surface area contributed by atoms with Crippen molar-refractivity contribution in [2.75, 3.05) is 20.8 Å². The number of carboxylic acids is 1. The second-order valence-electron chi connectivity index (χ2n) is 6.28. The molecule has 0 unspecified atom stereocenters. The molecule has 1 aliphatic heterocycles. The van der Waals surface area contributed by atoms with Gasteiger partial charge < -0.3 is 14.6 Å². The molecule has 0 saturated heterocycles. The SMILES string of the molecule is COc1cc2c(cc1OC)CN(Cc1ccccc1CC(=O)O)CC2. The number of carbonyl (C=O) groups is 1. The molecular formula is C20H23NO4. The van der Waals surface area contributed by atoms with Crippen LogP contribution in [-0.4, -0.2) is 36.7 Å². The molecule has 1 aliphatic rings. The van der Waals surface area contributed by atoms with E-state index in [9.17, 15) is 4.79 Å². The normalized spacial score (nSPS) is 14.0. The summed E-state index contributed by atoms with van der Waals surface area (Å²) in [7, 11) is 3.30. The summed E-state index contributed by atoms with van der Waals surface area (Å²) in [6.45, 7) is 2.50. The van der Waals surface area contributed by atoms with E-state index in [-0.39, 0.29) is 6.42 Å². The molecule has 2 aromatic carbocycles. The highest BCUT2D eigenvalue weighted by molar-refractivity contribution is 5.70. The Morgan fingerprint density at radius 3 is 2.36 bits per heavy atom. The lowest BCUT2D eigenvalue weighted by Crippen LogP contribution is -2.30. The van der Waals surface area contributed by atoms with Crippen molar-refractivity contribution in [1.82, 2.24) is 4.90 Å². The van der Waals surface area contributed by atoms with Gasteiger partial charge in [0.2, 0.25) is 0 Å². The number of fused-ring (bicyclic) bond motifs is 1. The van der Waals surface area contributed by atoms with Crippen molar-refractivity contribution in [3.8, 4) is 11.5 Å². The van der Waals surface area contributed by atoms with Crippen LogP contribution in [0.25, 0.3) is 0 Å². The van der Waals surface area contributed by atoms with Crippen molar-refractivity contribution in [2.45, 2.75) is 25.9 Å². The lowest BCUT2D eigenvalue weighted by Gasteiger charge is -2.30. The summed E-state index contributed by atoms with van der Waals surface area (Å²) < 4.78 is 10.8. The minimum absolute atomic E-state index is 0.0611. The number of hydrogen-bond donors (Lipinski definition) is 1. The molecule has 1 N–H and O–H groups in total. The number of hydrogen-bond acceptors (Lipinski definition) is 4. The highest BCUT2D eigenvalue weighted by atomic mass is 16.5. The number of benzene rings is 2. The summed E-state index contributed by atoms with van der Waals surface area (Å²) in [6, 6.07) is 11.9. The largest absolute Gasteiger partial charge is 0.493 e. The van der Waals surface area contributed by atoms with Crippen LogP contribution in [0.5, 0.6) is 11.5 Å². The predicted octanol–water partition coefficient (Wildman–Crippen LogP) is 2.89. The van der Waals surface area contributed by atoms with Gasteiger partial charge in [-0.1, -0.05) is 24.3 Å². The third-order valence-electron chi connectivity index (χ3n) is 4.65. The Labute approximate surface area is 147 Å². The summed E-state index contributed by atoms with van der Waals surface area (Å²) in [5.41, 5.74) is 4.48. The smallest absolute Gasteiger partial charge is 0.307 e. The molecule has 2 aromatic rings. The van der Waals surface area contributed by atoms with Crippen LogP contribution in [0.15, 0.2) is 36.4 Å². The van der Waals surface area contributed by atoms with Gasteiger partial charge in [-0.25, -0.2) is 0 Å². The van der Waals surface area contributed by atoms with Gasteiger partial charge in [0.1, 0.15) is 0 Å². The third kappa shape index (κ3) is 3.94. The zero-order chi connectivity index (χ0) is 17.8. The highest BCUT2D eigenvalue weighted by Gasteiger charge is 2.20. The molecule has 0 aliphatic carbocycles. The molecule has 5 nitrogen and oxygen atoms in total. The van der Waals surface area contributed by atoms with Crippen LogP contribution >= 0.6 is 0 Å². The molecule has 1 heterocycles. The molecule has 0 amide bonds. The van der Waals surface area contributed by atoms with E-state index in [1.165, 1.54) is 11.1 Å². The Kier molecular flexibility index (Phi) is 5.24. The van der Waals surface area contributed by atoms with E-state index in [0.29, 0.717) is 0 Å². The van der Waals surface area contributed by atoms with Crippen LogP contribution < -0.4 is 9.47 Å². The second-order valence-corrected chi connectivity index (χ2v) is 6.28. The van der Waals surface area contributed by atoms with Crippen LogP contribution in [0.2, 0.25) is 0 Å². The van der Waals surface area contributed by atoms with Gasteiger partial charge >= 0.3 is 5.97 Å².